The van der Waals surface area contributed by atoms with Crippen LogP contribution >= 0.6 is 7.60 Å². The molecule has 0 fully saturated rings. The van der Waals surface area contributed by atoms with Crippen molar-refractivity contribution >= 4 is 7.60 Å². The minimum Gasteiger partial charge on any atom is -0.324 e. The molecule has 0 heterocycles. The van der Waals surface area contributed by atoms with Crippen LogP contribution in [0.15, 0.2) is 11.6 Å². The molecular weight excluding hydrogens is 211 g/mol. The van der Waals surface area contributed by atoms with Gasteiger partial charge >= 0.3 is 7.60 Å². The maximum absolute atomic E-state index is 11.7. The molecule has 0 aromatic heterocycles. The third-order valence-electron chi connectivity index (χ3n) is 2.87. The van der Waals surface area contributed by atoms with Crippen molar-refractivity contribution in [3.05, 3.63) is 11.6 Å². The summed E-state index contributed by atoms with van der Waals surface area (Å²) < 4.78 is 11.7. The summed E-state index contributed by atoms with van der Waals surface area (Å²) in [6, 6.07) is 0. The van der Waals surface area contributed by atoms with Crippen LogP contribution in [0.5, 0.6) is 0 Å². The molecule has 0 aliphatic rings. The Balaban J connectivity index is 5.72. The van der Waals surface area contributed by atoms with Crippen LogP contribution in [0.4, 0.5) is 0 Å². The first-order valence-electron chi connectivity index (χ1n) is 5.27. The van der Waals surface area contributed by atoms with Crippen LogP contribution in [0, 0.1) is 11.8 Å². The van der Waals surface area contributed by atoms with E-state index in [-0.39, 0.29) is 11.8 Å². The minimum absolute atomic E-state index is 0.0896. The fourth-order valence-electron chi connectivity index (χ4n) is 2.22. The van der Waals surface area contributed by atoms with Crippen molar-refractivity contribution in [2.45, 2.75) is 46.7 Å². The predicted molar refractivity (Wildman–Crippen MR) is 63.9 cm³/mol. The summed E-state index contributed by atoms with van der Waals surface area (Å²) in [5, 5.41) is -1.04. The van der Waals surface area contributed by atoms with E-state index < -0.39 is 12.8 Å². The molecular formula is C11H23O3P. The van der Waals surface area contributed by atoms with Crippen molar-refractivity contribution in [3.63, 3.8) is 0 Å². The molecule has 0 aliphatic carbocycles. The third kappa shape index (κ3) is 2.93. The Morgan fingerprint density at radius 1 is 1.13 bits per heavy atom. The van der Waals surface area contributed by atoms with Crippen molar-refractivity contribution < 1.29 is 14.4 Å². The molecule has 0 aromatic carbocycles. The van der Waals surface area contributed by atoms with E-state index in [1.165, 1.54) is 0 Å². The van der Waals surface area contributed by atoms with Gasteiger partial charge in [0.2, 0.25) is 0 Å². The molecule has 0 rings (SSSR count). The van der Waals surface area contributed by atoms with Crippen molar-refractivity contribution in [1.29, 1.82) is 0 Å². The number of allylic oxidation sites excluding steroid dienone is 2. The van der Waals surface area contributed by atoms with Crippen molar-refractivity contribution in [2.24, 2.45) is 11.8 Å². The fraction of sp³-hybridized carbons (Fsp3) is 0.818. The molecule has 0 unspecified atom stereocenters. The van der Waals surface area contributed by atoms with Crippen LogP contribution in [-0.2, 0) is 4.57 Å². The molecule has 0 saturated heterocycles. The third-order valence-corrected chi connectivity index (χ3v) is 5.05. The Morgan fingerprint density at radius 2 is 1.47 bits per heavy atom. The van der Waals surface area contributed by atoms with Crippen LogP contribution in [0.25, 0.3) is 0 Å². The first-order chi connectivity index (χ1) is 6.55. The van der Waals surface area contributed by atoms with Gasteiger partial charge in [0.25, 0.3) is 0 Å². The average Bonchev–Trinajstić information content (AvgIpc) is 1.95. The van der Waals surface area contributed by atoms with Crippen LogP contribution < -0.4 is 0 Å². The molecule has 0 aliphatic heterocycles. The van der Waals surface area contributed by atoms with Crippen LogP contribution in [0.1, 0.15) is 41.5 Å². The molecule has 0 amide bonds. The quantitative estimate of drug-likeness (QED) is 0.580. The maximum atomic E-state index is 11.7. The lowest BCUT2D eigenvalue weighted by atomic mass is 9.83. The van der Waals surface area contributed by atoms with Crippen molar-refractivity contribution in [2.75, 3.05) is 0 Å². The summed E-state index contributed by atoms with van der Waals surface area (Å²) in [4.78, 5) is 19.2. The molecule has 0 radical (unpaired) electrons. The molecule has 0 bridgehead atoms. The Hall–Kier alpha value is -0.110. The second kappa shape index (κ2) is 4.82. The normalized spacial score (nSPS) is 13.5. The van der Waals surface area contributed by atoms with E-state index in [0.29, 0.717) is 0 Å². The van der Waals surface area contributed by atoms with Gasteiger partial charge < -0.3 is 9.79 Å². The summed E-state index contributed by atoms with van der Waals surface area (Å²) >= 11 is 0. The topological polar surface area (TPSA) is 57.5 Å². The Bertz CT molecular complexity index is 274. The van der Waals surface area contributed by atoms with Crippen LogP contribution in [0.2, 0.25) is 0 Å². The van der Waals surface area contributed by atoms with Gasteiger partial charge in [-0.15, -0.1) is 0 Å². The molecule has 2 N–H and O–H groups in total. The molecule has 15 heavy (non-hydrogen) atoms. The summed E-state index contributed by atoms with van der Waals surface area (Å²) in [6.45, 7) is 11.2. The van der Waals surface area contributed by atoms with Crippen LogP contribution in [0.3, 0.4) is 0 Å². The van der Waals surface area contributed by atoms with E-state index in [2.05, 4.69) is 0 Å². The average molecular weight is 234 g/mol. The summed E-state index contributed by atoms with van der Waals surface area (Å²) in [6.07, 6.45) is 1.74. The SMILES string of the molecule is CC(C)=CC(C(C)C)(C(C)C)P(=O)(O)O. The van der Waals surface area contributed by atoms with Crippen molar-refractivity contribution in [3.8, 4) is 0 Å². The Morgan fingerprint density at radius 3 is 1.53 bits per heavy atom. The standard InChI is InChI=1S/C11H23O3P/c1-8(2)7-11(9(3)4,10(5)6)15(12,13)14/h7,9-10H,1-6H3,(H2,12,13,14). The first-order valence-corrected chi connectivity index (χ1v) is 6.88. The number of hydrogen-bond donors (Lipinski definition) is 2. The first kappa shape index (κ1) is 14.9. The molecule has 0 saturated carbocycles. The fourth-order valence-corrected chi connectivity index (χ4v) is 3.99. The van der Waals surface area contributed by atoms with E-state index in [9.17, 15) is 14.4 Å². The molecule has 90 valence electrons. The predicted octanol–water partition coefficient (Wildman–Crippen LogP) is 3.18. The van der Waals surface area contributed by atoms with Gasteiger partial charge in [-0.2, -0.15) is 0 Å². The van der Waals surface area contributed by atoms with Gasteiger partial charge in [0, 0.05) is 0 Å². The smallest absolute Gasteiger partial charge is 0.324 e. The zero-order chi connectivity index (χ0) is 12.4. The lowest BCUT2D eigenvalue weighted by Gasteiger charge is -2.39. The van der Waals surface area contributed by atoms with Gasteiger partial charge in [-0.05, 0) is 25.7 Å². The molecule has 0 aromatic rings. The molecule has 4 heteroatoms. The summed E-state index contributed by atoms with van der Waals surface area (Å²) in [7, 11) is -4.15. The van der Waals surface area contributed by atoms with Gasteiger partial charge in [-0.3, -0.25) is 4.57 Å². The minimum atomic E-state index is -4.15. The van der Waals surface area contributed by atoms with Gasteiger partial charge in [-0.1, -0.05) is 39.3 Å². The lowest BCUT2D eigenvalue weighted by molar-refractivity contribution is 0.274. The van der Waals surface area contributed by atoms with E-state index >= 15 is 0 Å². The highest BCUT2D eigenvalue weighted by atomic mass is 31.2. The second-order valence-corrected chi connectivity index (χ2v) is 6.83. The number of hydrogen-bond acceptors (Lipinski definition) is 1. The monoisotopic (exact) mass is 234 g/mol. The maximum Gasteiger partial charge on any atom is 0.335 e. The second-order valence-electron chi connectivity index (χ2n) is 4.96. The summed E-state index contributed by atoms with van der Waals surface area (Å²) in [5.74, 6) is -0.179. The summed E-state index contributed by atoms with van der Waals surface area (Å²) in [5.41, 5.74) is 0.945. The largest absolute Gasteiger partial charge is 0.335 e. The zero-order valence-corrected chi connectivity index (χ0v) is 11.4. The lowest BCUT2D eigenvalue weighted by Crippen LogP contribution is -2.38. The van der Waals surface area contributed by atoms with Crippen molar-refractivity contribution in [1.82, 2.24) is 0 Å². The van der Waals surface area contributed by atoms with E-state index in [0.717, 1.165) is 5.57 Å². The van der Waals surface area contributed by atoms with E-state index in [1.807, 2.05) is 41.5 Å². The van der Waals surface area contributed by atoms with Gasteiger partial charge in [0.05, 0.1) is 5.16 Å². The highest BCUT2D eigenvalue weighted by Crippen LogP contribution is 2.59. The highest BCUT2D eigenvalue weighted by molar-refractivity contribution is 7.53. The van der Waals surface area contributed by atoms with Crippen LogP contribution in [-0.4, -0.2) is 14.9 Å². The van der Waals surface area contributed by atoms with Gasteiger partial charge in [-0.25, -0.2) is 0 Å². The highest BCUT2D eigenvalue weighted by Gasteiger charge is 2.49. The number of rotatable bonds is 4. The zero-order valence-electron chi connectivity index (χ0n) is 10.5. The van der Waals surface area contributed by atoms with Gasteiger partial charge in [0.1, 0.15) is 0 Å². The van der Waals surface area contributed by atoms with E-state index in [1.54, 1.807) is 6.08 Å². The van der Waals surface area contributed by atoms with Gasteiger partial charge in [0.15, 0.2) is 0 Å². The molecule has 3 nitrogen and oxygen atoms in total. The van der Waals surface area contributed by atoms with E-state index in [4.69, 9.17) is 0 Å². The Labute approximate surface area is 92.8 Å². The Kier molecular flexibility index (Phi) is 4.78. The molecule has 0 spiro atoms. The molecule has 0 atom stereocenters.